The van der Waals surface area contributed by atoms with Crippen molar-refractivity contribution in [1.82, 2.24) is 9.97 Å². The number of benzene rings is 1. The van der Waals surface area contributed by atoms with Gasteiger partial charge in [0.1, 0.15) is 18.2 Å². The first-order valence-corrected chi connectivity index (χ1v) is 7.02. The number of aromatic nitrogens is 2. The van der Waals surface area contributed by atoms with Crippen LogP contribution < -0.4 is 5.32 Å². The third kappa shape index (κ3) is 3.52. The van der Waals surface area contributed by atoms with Crippen LogP contribution in [0.25, 0.3) is 11.3 Å². The van der Waals surface area contributed by atoms with E-state index >= 15 is 0 Å². The normalized spacial score (nSPS) is 10.6. The van der Waals surface area contributed by atoms with Gasteiger partial charge in [-0.2, -0.15) is 0 Å². The molecule has 0 bridgehead atoms. The number of hydrogen-bond donors (Lipinski definition) is 1. The summed E-state index contributed by atoms with van der Waals surface area (Å²) in [6, 6.07) is 6.46. The van der Waals surface area contributed by atoms with Gasteiger partial charge in [0, 0.05) is 29.8 Å². The van der Waals surface area contributed by atoms with E-state index in [1.165, 1.54) is 6.07 Å². The van der Waals surface area contributed by atoms with Crippen LogP contribution in [0.4, 0.5) is 10.2 Å². The van der Waals surface area contributed by atoms with Crippen LogP contribution >= 0.6 is 15.9 Å². The van der Waals surface area contributed by atoms with Crippen LogP contribution in [0.3, 0.4) is 0 Å². The minimum atomic E-state index is -0.323. The predicted molar refractivity (Wildman–Crippen MR) is 80.0 cm³/mol. The highest BCUT2D eigenvalue weighted by molar-refractivity contribution is 9.10. The second-order valence-electron chi connectivity index (χ2n) is 4.07. The lowest BCUT2D eigenvalue weighted by atomic mass is 10.1. The molecule has 4 nitrogen and oxygen atoms in total. The molecule has 0 aliphatic heterocycles. The molecular formula is C14H15BrFN3O. The summed E-state index contributed by atoms with van der Waals surface area (Å²) < 4.78 is 20.0. The number of nitrogens with one attached hydrogen (secondary N) is 1. The van der Waals surface area contributed by atoms with Crippen molar-refractivity contribution < 1.29 is 9.13 Å². The van der Waals surface area contributed by atoms with E-state index in [0.29, 0.717) is 36.1 Å². The Labute approximate surface area is 125 Å². The largest absolute Gasteiger partial charge is 0.374 e. The lowest BCUT2D eigenvalue weighted by Gasteiger charge is -2.09. The van der Waals surface area contributed by atoms with Gasteiger partial charge in [0.25, 0.3) is 0 Å². The highest BCUT2D eigenvalue weighted by Gasteiger charge is 2.11. The van der Waals surface area contributed by atoms with E-state index < -0.39 is 0 Å². The van der Waals surface area contributed by atoms with Crippen molar-refractivity contribution in [2.45, 2.75) is 13.5 Å². The molecule has 0 aliphatic carbocycles. The first kappa shape index (κ1) is 14.9. The monoisotopic (exact) mass is 339 g/mol. The molecule has 1 N–H and O–H groups in total. The zero-order valence-electron chi connectivity index (χ0n) is 11.3. The molecule has 0 atom stereocenters. The predicted octanol–water partition coefficient (Wildman–Crippen LogP) is 3.62. The van der Waals surface area contributed by atoms with Crippen molar-refractivity contribution >= 4 is 21.7 Å². The molecule has 1 aromatic heterocycles. The summed E-state index contributed by atoms with van der Waals surface area (Å²) in [5, 5.41) is 2.95. The molecule has 0 amide bonds. The van der Waals surface area contributed by atoms with Crippen molar-refractivity contribution in [3.05, 3.63) is 40.4 Å². The summed E-state index contributed by atoms with van der Waals surface area (Å²) >= 11 is 3.34. The number of hydrogen-bond acceptors (Lipinski definition) is 4. The molecule has 0 spiro atoms. The van der Waals surface area contributed by atoms with Gasteiger partial charge in [-0.15, -0.1) is 0 Å². The number of halogens is 2. The van der Waals surface area contributed by atoms with Gasteiger partial charge in [0.05, 0.1) is 5.69 Å². The average Bonchev–Trinajstić information content (AvgIpc) is 2.47. The molecule has 106 valence electrons. The van der Waals surface area contributed by atoms with Gasteiger partial charge in [-0.1, -0.05) is 15.9 Å². The summed E-state index contributed by atoms with van der Waals surface area (Å²) in [5.41, 5.74) is 0.953. The van der Waals surface area contributed by atoms with Crippen molar-refractivity contribution in [3.63, 3.8) is 0 Å². The standard InChI is InChI=1S/C14H15BrFN3O/c1-3-20-8-14-18-12(7-13(17-2)19-14)10-6-9(15)4-5-11(10)16/h4-7H,3,8H2,1-2H3,(H,17,18,19). The lowest BCUT2D eigenvalue weighted by Crippen LogP contribution is -2.04. The Morgan fingerprint density at radius 3 is 2.80 bits per heavy atom. The van der Waals surface area contributed by atoms with Crippen molar-refractivity contribution in [3.8, 4) is 11.3 Å². The van der Waals surface area contributed by atoms with Crippen molar-refractivity contribution in [1.29, 1.82) is 0 Å². The molecule has 20 heavy (non-hydrogen) atoms. The molecule has 6 heteroatoms. The van der Waals surface area contributed by atoms with Gasteiger partial charge in [-0.3, -0.25) is 0 Å². The number of nitrogens with zero attached hydrogens (tertiary/aromatic N) is 2. The minimum absolute atomic E-state index is 0.300. The van der Waals surface area contributed by atoms with Gasteiger partial charge in [-0.05, 0) is 25.1 Å². The van der Waals surface area contributed by atoms with Crippen LogP contribution in [0.5, 0.6) is 0 Å². The summed E-state index contributed by atoms with van der Waals surface area (Å²) in [7, 11) is 1.76. The van der Waals surface area contributed by atoms with Gasteiger partial charge >= 0.3 is 0 Å². The van der Waals surface area contributed by atoms with Gasteiger partial charge in [-0.25, -0.2) is 14.4 Å². The van der Waals surface area contributed by atoms with Crippen LogP contribution in [0.1, 0.15) is 12.7 Å². The van der Waals surface area contributed by atoms with Crippen LogP contribution in [0.2, 0.25) is 0 Å². The molecule has 1 heterocycles. The quantitative estimate of drug-likeness (QED) is 0.903. The summed E-state index contributed by atoms with van der Waals surface area (Å²) in [4.78, 5) is 8.64. The van der Waals surface area contributed by atoms with Crippen molar-refractivity contribution in [2.75, 3.05) is 19.0 Å². The van der Waals surface area contributed by atoms with Gasteiger partial charge in [0.15, 0.2) is 5.82 Å². The van der Waals surface area contributed by atoms with Crippen LogP contribution in [0, 0.1) is 5.82 Å². The first-order chi connectivity index (χ1) is 9.63. The summed E-state index contributed by atoms with van der Waals surface area (Å²) in [6.45, 7) is 2.78. The van der Waals surface area contributed by atoms with E-state index in [9.17, 15) is 4.39 Å². The second kappa shape index (κ2) is 6.76. The Balaban J connectivity index is 2.46. The Morgan fingerprint density at radius 2 is 2.10 bits per heavy atom. The summed E-state index contributed by atoms with van der Waals surface area (Å²) in [5.74, 6) is 0.827. The van der Waals surface area contributed by atoms with E-state index in [4.69, 9.17) is 4.74 Å². The Kier molecular flexibility index (Phi) is 5.03. The van der Waals surface area contributed by atoms with E-state index in [1.54, 1.807) is 25.2 Å². The van der Waals surface area contributed by atoms with E-state index in [2.05, 4.69) is 31.2 Å². The highest BCUT2D eigenvalue weighted by atomic mass is 79.9. The Morgan fingerprint density at radius 1 is 1.30 bits per heavy atom. The average molecular weight is 340 g/mol. The third-order valence-corrected chi connectivity index (χ3v) is 3.16. The zero-order chi connectivity index (χ0) is 14.5. The van der Waals surface area contributed by atoms with E-state index in [1.807, 2.05) is 6.92 Å². The maximum atomic E-state index is 13.9. The maximum Gasteiger partial charge on any atom is 0.157 e. The molecule has 0 aliphatic rings. The minimum Gasteiger partial charge on any atom is -0.374 e. The highest BCUT2D eigenvalue weighted by Crippen LogP contribution is 2.26. The SMILES string of the molecule is CCOCc1nc(NC)cc(-c2cc(Br)ccc2F)n1. The fraction of sp³-hybridized carbons (Fsp3) is 0.286. The second-order valence-corrected chi connectivity index (χ2v) is 4.98. The van der Waals surface area contributed by atoms with Gasteiger partial charge < -0.3 is 10.1 Å². The topological polar surface area (TPSA) is 47.0 Å². The third-order valence-electron chi connectivity index (χ3n) is 2.67. The zero-order valence-corrected chi connectivity index (χ0v) is 12.9. The lowest BCUT2D eigenvalue weighted by molar-refractivity contribution is 0.128. The van der Waals surface area contributed by atoms with E-state index in [-0.39, 0.29) is 5.82 Å². The fourth-order valence-electron chi connectivity index (χ4n) is 1.71. The fourth-order valence-corrected chi connectivity index (χ4v) is 2.08. The molecule has 0 fully saturated rings. The molecular weight excluding hydrogens is 325 g/mol. The molecule has 2 aromatic rings. The van der Waals surface area contributed by atoms with E-state index in [0.717, 1.165) is 4.47 Å². The van der Waals surface area contributed by atoms with Crippen LogP contribution in [0.15, 0.2) is 28.7 Å². The van der Waals surface area contributed by atoms with Crippen molar-refractivity contribution in [2.24, 2.45) is 0 Å². The molecule has 0 radical (unpaired) electrons. The van der Waals surface area contributed by atoms with Crippen LogP contribution in [-0.2, 0) is 11.3 Å². The van der Waals surface area contributed by atoms with Crippen LogP contribution in [-0.4, -0.2) is 23.6 Å². The molecule has 0 saturated carbocycles. The Bertz CT molecular complexity index is 607. The molecule has 0 unspecified atom stereocenters. The summed E-state index contributed by atoms with van der Waals surface area (Å²) in [6.07, 6.45) is 0. The first-order valence-electron chi connectivity index (χ1n) is 6.23. The Hall–Kier alpha value is -1.53. The maximum absolute atomic E-state index is 13.9. The number of anilines is 1. The molecule has 1 aromatic carbocycles. The number of rotatable bonds is 5. The number of ether oxygens (including phenoxy) is 1. The smallest absolute Gasteiger partial charge is 0.157 e. The molecule has 2 rings (SSSR count). The van der Waals surface area contributed by atoms with Gasteiger partial charge in [0.2, 0.25) is 0 Å². The molecule has 0 saturated heterocycles.